The number of nitrogens with zero attached hydrogens (tertiary/aromatic N) is 1. The van der Waals surface area contributed by atoms with Gasteiger partial charge in [0.2, 0.25) is 5.91 Å². The summed E-state index contributed by atoms with van der Waals surface area (Å²) in [5.41, 5.74) is 1.70. The molecule has 2 N–H and O–H groups in total. The Hall–Kier alpha value is -2.24. The van der Waals surface area contributed by atoms with Gasteiger partial charge in [0.1, 0.15) is 0 Å². The molecular formula is C22H25Cl2N3O2. The molecule has 1 heterocycles. The quantitative estimate of drug-likeness (QED) is 0.645. The van der Waals surface area contributed by atoms with E-state index in [4.69, 9.17) is 23.2 Å². The molecule has 0 unspecified atom stereocenters. The highest BCUT2D eigenvalue weighted by Crippen LogP contribution is 2.22. The average Bonchev–Trinajstić information content (AvgIpc) is 2.72. The molecule has 7 heteroatoms. The van der Waals surface area contributed by atoms with E-state index in [1.807, 2.05) is 29.2 Å². The van der Waals surface area contributed by atoms with E-state index >= 15 is 0 Å². The molecule has 1 aliphatic heterocycles. The highest BCUT2D eigenvalue weighted by Gasteiger charge is 2.24. The number of halogens is 2. The summed E-state index contributed by atoms with van der Waals surface area (Å²) in [4.78, 5) is 26.5. The smallest absolute Gasteiger partial charge is 0.321 e. The predicted molar refractivity (Wildman–Crippen MR) is 117 cm³/mol. The minimum absolute atomic E-state index is 0.0210. The summed E-state index contributed by atoms with van der Waals surface area (Å²) in [6, 6.07) is 14.4. The van der Waals surface area contributed by atoms with Gasteiger partial charge in [-0.25, -0.2) is 4.79 Å². The van der Waals surface area contributed by atoms with Gasteiger partial charge in [0.25, 0.3) is 0 Å². The Kier molecular flexibility index (Phi) is 7.78. The molecular weight excluding hydrogens is 409 g/mol. The number of hydrogen-bond acceptors (Lipinski definition) is 2. The lowest BCUT2D eigenvalue weighted by Gasteiger charge is -2.32. The van der Waals surface area contributed by atoms with Crippen LogP contribution in [-0.2, 0) is 11.3 Å². The van der Waals surface area contributed by atoms with Gasteiger partial charge in [-0.1, -0.05) is 35.3 Å². The van der Waals surface area contributed by atoms with Crippen LogP contribution in [-0.4, -0.2) is 29.9 Å². The summed E-state index contributed by atoms with van der Waals surface area (Å²) >= 11 is 11.8. The molecule has 0 saturated carbocycles. The molecule has 3 amide bonds. The highest BCUT2D eigenvalue weighted by molar-refractivity contribution is 6.30. The molecule has 0 aliphatic carbocycles. The molecule has 29 heavy (non-hydrogen) atoms. The molecule has 1 aliphatic rings. The van der Waals surface area contributed by atoms with Gasteiger partial charge in [-0.3, -0.25) is 4.79 Å². The first-order valence-corrected chi connectivity index (χ1v) is 10.6. The summed E-state index contributed by atoms with van der Waals surface area (Å²) in [5, 5.41) is 7.14. The molecule has 5 nitrogen and oxygen atoms in total. The van der Waals surface area contributed by atoms with Crippen molar-refractivity contribution in [1.82, 2.24) is 10.2 Å². The molecule has 2 aromatic carbocycles. The SMILES string of the molecule is O=C(CC[C@@H]1CCCN(C(=O)Nc2ccc(Cl)cc2)C1)NCc1cccc(Cl)c1. The van der Waals surface area contributed by atoms with Gasteiger partial charge in [-0.05, 0) is 67.1 Å². The number of piperidine rings is 1. The monoisotopic (exact) mass is 433 g/mol. The number of anilines is 1. The molecule has 1 atom stereocenters. The minimum Gasteiger partial charge on any atom is -0.352 e. The van der Waals surface area contributed by atoms with Gasteiger partial charge < -0.3 is 15.5 Å². The Bertz CT molecular complexity index is 842. The van der Waals surface area contributed by atoms with Crippen molar-refractivity contribution in [2.45, 2.75) is 32.2 Å². The Morgan fingerprint density at radius 1 is 1.07 bits per heavy atom. The second kappa shape index (κ2) is 10.5. The molecule has 2 aromatic rings. The molecule has 1 saturated heterocycles. The first-order valence-electron chi connectivity index (χ1n) is 9.82. The highest BCUT2D eigenvalue weighted by atomic mass is 35.5. The van der Waals surface area contributed by atoms with Crippen molar-refractivity contribution >= 4 is 40.8 Å². The number of amides is 3. The first-order chi connectivity index (χ1) is 14.0. The zero-order chi connectivity index (χ0) is 20.6. The Labute approximate surface area is 181 Å². The number of nitrogens with one attached hydrogen (secondary N) is 2. The predicted octanol–water partition coefficient (Wildman–Crippen LogP) is 5.33. The zero-order valence-electron chi connectivity index (χ0n) is 16.2. The van der Waals surface area contributed by atoms with E-state index in [1.165, 1.54) is 0 Å². The van der Waals surface area contributed by atoms with Crippen molar-refractivity contribution in [2.24, 2.45) is 5.92 Å². The lowest BCUT2D eigenvalue weighted by molar-refractivity contribution is -0.121. The Morgan fingerprint density at radius 3 is 2.62 bits per heavy atom. The van der Waals surface area contributed by atoms with Crippen molar-refractivity contribution in [3.8, 4) is 0 Å². The summed E-state index contributed by atoms with van der Waals surface area (Å²) in [5.74, 6) is 0.351. The van der Waals surface area contributed by atoms with E-state index in [0.29, 0.717) is 35.5 Å². The lowest BCUT2D eigenvalue weighted by atomic mass is 9.93. The topological polar surface area (TPSA) is 61.4 Å². The number of carbonyl (C=O) groups is 2. The van der Waals surface area contributed by atoms with E-state index in [9.17, 15) is 9.59 Å². The maximum atomic E-state index is 12.5. The van der Waals surface area contributed by atoms with Gasteiger partial charge in [0.15, 0.2) is 0 Å². The summed E-state index contributed by atoms with van der Waals surface area (Å²) in [6.45, 7) is 1.87. The minimum atomic E-state index is -0.109. The largest absolute Gasteiger partial charge is 0.352 e. The van der Waals surface area contributed by atoms with Crippen LogP contribution >= 0.6 is 23.2 Å². The molecule has 1 fully saturated rings. The average molecular weight is 434 g/mol. The van der Waals surface area contributed by atoms with Gasteiger partial charge in [-0.15, -0.1) is 0 Å². The first kappa shape index (κ1) is 21.5. The van der Waals surface area contributed by atoms with Crippen LogP contribution in [0.5, 0.6) is 0 Å². The Balaban J connectivity index is 1.41. The number of likely N-dealkylation sites (tertiary alicyclic amines) is 1. The van der Waals surface area contributed by atoms with Gasteiger partial charge in [-0.2, -0.15) is 0 Å². The molecule has 0 bridgehead atoms. The number of benzene rings is 2. The second-order valence-electron chi connectivity index (χ2n) is 7.34. The fourth-order valence-corrected chi connectivity index (χ4v) is 3.83. The number of carbonyl (C=O) groups excluding carboxylic acids is 2. The Morgan fingerprint density at radius 2 is 1.86 bits per heavy atom. The van der Waals surface area contributed by atoms with Crippen LogP contribution in [0, 0.1) is 5.92 Å². The van der Waals surface area contributed by atoms with Crippen LogP contribution in [0.25, 0.3) is 0 Å². The van der Waals surface area contributed by atoms with Crippen LogP contribution in [0.15, 0.2) is 48.5 Å². The summed E-state index contributed by atoms with van der Waals surface area (Å²) < 4.78 is 0. The van der Waals surface area contributed by atoms with Crippen LogP contribution in [0.4, 0.5) is 10.5 Å². The third kappa shape index (κ3) is 6.94. The molecule has 3 rings (SSSR count). The van der Waals surface area contributed by atoms with Crippen molar-refractivity contribution in [3.63, 3.8) is 0 Å². The molecule has 0 radical (unpaired) electrons. The van der Waals surface area contributed by atoms with Gasteiger partial charge in [0, 0.05) is 41.8 Å². The number of rotatable bonds is 6. The number of hydrogen-bond donors (Lipinski definition) is 2. The van der Waals surface area contributed by atoms with Crippen LogP contribution in [0.1, 0.15) is 31.2 Å². The maximum absolute atomic E-state index is 12.5. The van der Waals surface area contributed by atoms with Crippen molar-refractivity contribution in [3.05, 3.63) is 64.1 Å². The van der Waals surface area contributed by atoms with Crippen molar-refractivity contribution in [1.29, 1.82) is 0 Å². The molecule has 0 spiro atoms. The van der Waals surface area contributed by atoms with Crippen LogP contribution in [0.2, 0.25) is 10.0 Å². The number of urea groups is 1. The fraction of sp³-hybridized carbons (Fsp3) is 0.364. The van der Waals surface area contributed by atoms with Gasteiger partial charge >= 0.3 is 6.03 Å². The maximum Gasteiger partial charge on any atom is 0.321 e. The van der Waals surface area contributed by atoms with E-state index in [2.05, 4.69) is 10.6 Å². The second-order valence-corrected chi connectivity index (χ2v) is 8.21. The summed E-state index contributed by atoms with van der Waals surface area (Å²) in [7, 11) is 0. The fourth-order valence-electron chi connectivity index (χ4n) is 3.49. The third-order valence-corrected chi connectivity index (χ3v) is 5.55. The van der Waals surface area contributed by atoms with Crippen LogP contribution in [0.3, 0.4) is 0 Å². The van der Waals surface area contributed by atoms with Gasteiger partial charge in [0.05, 0.1) is 0 Å². The normalized spacial score (nSPS) is 16.3. The van der Waals surface area contributed by atoms with Crippen molar-refractivity contribution in [2.75, 3.05) is 18.4 Å². The van der Waals surface area contributed by atoms with E-state index < -0.39 is 0 Å². The van der Waals surface area contributed by atoms with E-state index in [-0.39, 0.29) is 11.9 Å². The lowest BCUT2D eigenvalue weighted by Crippen LogP contribution is -2.42. The third-order valence-electron chi connectivity index (χ3n) is 5.06. The molecule has 154 valence electrons. The van der Waals surface area contributed by atoms with Crippen LogP contribution < -0.4 is 10.6 Å². The molecule has 0 aromatic heterocycles. The van der Waals surface area contributed by atoms with E-state index in [0.717, 1.165) is 37.1 Å². The van der Waals surface area contributed by atoms with Crippen molar-refractivity contribution < 1.29 is 9.59 Å². The van der Waals surface area contributed by atoms with E-state index in [1.54, 1.807) is 24.3 Å². The summed E-state index contributed by atoms with van der Waals surface area (Å²) in [6.07, 6.45) is 3.21. The zero-order valence-corrected chi connectivity index (χ0v) is 17.7. The standard InChI is InChI=1S/C22H25Cl2N3O2/c23-18-7-9-20(10-8-18)26-22(29)27-12-2-4-16(15-27)6-11-21(28)25-14-17-3-1-5-19(24)13-17/h1,3,5,7-10,13,16H,2,4,6,11-12,14-15H2,(H,25,28)(H,26,29)/t16-/m0/s1.